The lowest BCUT2D eigenvalue weighted by molar-refractivity contribution is -0.152. The SMILES string of the molecule is CCOC(=O)C1C(=O)Nc2ncnn2C1c1ccccc1Cl. The van der Waals surface area contributed by atoms with E-state index in [0.717, 1.165) is 0 Å². The van der Waals surface area contributed by atoms with Crippen LogP contribution in [0.2, 0.25) is 5.02 Å². The van der Waals surface area contributed by atoms with Crippen LogP contribution in [0, 0.1) is 5.92 Å². The third kappa shape index (κ3) is 2.33. The average molecular weight is 321 g/mol. The summed E-state index contributed by atoms with van der Waals surface area (Å²) in [6, 6.07) is 6.31. The van der Waals surface area contributed by atoms with E-state index in [9.17, 15) is 9.59 Å². The van der Waals surface area contributed by atoms with Crippen molar-refractivity contribution < 1.29 is 14.3 Å². The molecule has 22 heavy (non-hydrogen) atoms. The van der Waals surface area contributed by atoms with Gasteiger partial charge >= 0.3 is 5.97 Å². The molecule has 0 bridgehead atoms. The molecule has 2 unspecified atom stereocenters. The molecular formula is C14H13ClN4O3. The van der Waals surface area contributed by atoms with Crippen LogP contribution in [0.25, 0.3) is 0 Å². The normalized spacial score (nSPS) is 20.2. The van der Waals surface area contributed by atoms with Crippen LogP contribution in [-0.4, -0.2) is 33.2 Å². The molecule has 0 saturated carbocycles. The van der Waals surface area contributed by atoms with Gasteiger partial charge in [0.05, 0.1) is 6.61 Å². The van der Waals surface area contributed by atoms with E-state index in [1.54, 1.807) is 31.2 Å². The minimum Gasteiger partial charge on any atom is -0.465 e. The Hall–Kier alpha value is -2.41. The summed E-state index contributed by atoms with van der Waals surface area (Å²) in [6.07, 6.45) is 1.31. The van der Waals surface area contributed by atoms with Crippen LogP contribution >= 0.6 is 11.6 Å². The number of hydrogen-bond acceptors (Lipinski definition) is 5. The molecule has 0 spiro atoms. The maximum atomic E-state index is 12.3. The van der Waals surface area contributed by atoms with E-state index >= 15 is 0 Å². The summed E-state index contributed by atoms with van der Waals surface area (Å²) >= 11 is 6.24. The number of ether oxygens (including phenoxy) is 1. The summed E-state index contributed by atoms with van der Waals surface area (Å²) in [4.78, 5) is 28.6. The molecule has 1 aliphatic rings. The van der Waals surface area contributed by atoms with E-state index in [-0.39, 0.29) is 12.6 Å². The van der Waals surface area contributed by atoms with E-state index in [1.807, 2.05) is 0 Å². The highest BCUT2D eigenvalue weighted by molar-refractivity contribution is 6.31. The number of anilines is 1. The Labute approximate surface area is 131 Å². The summed E-state index contributed by atoms with van der Waals surface area (Å²) in [7, 11) is 0. The molecule has 1 aromatic heterocycles. The number of esters is 1. The van der Waals surface area contributed by atoms with Crippen LogP contribution in [0.3, 0.4) is 0 Å². The van der Waals surface area contributed by atoms with Gasteiger partial charge in [-0.15, -0.1) is 0 Å². The molecule has 2 aromatic rings. The summed E-state index contributed by atoms with van der Waals surface area (Å²) in [5.74, 6) is -1.90. The van der Waals surface area contributed by atoms with Gasteiger partial charge < -0.3 is 4.74 Å². The molecular weight excluding hydrogens is 308 g/mol. The fourth-order valence-electron chi connectivity index (χ4n) is 2.51. The number of nitrogens with zero attached hydrogens (tertiary/aromatic N) is 3. The Morgan fingerprint density at radius 1 is 1.45 bits per heavy atom. The lowest BCUT2D eigenvalue weighted by atomic mass is 9.91. The van der Waals surface area contributed by atoms with Gasteiger partial charge in [0.15, 0.2) is 5.92 Å². The maximum absolute atomic E-state index is 12.3. The molecule has 1 aliphatic heterocycles. The van der Waals surface area contributed by atoms with Crippen molar-refractivity contribution in [2.45, 2.75) is 13.0 Å². The van der Waals surface area contributed by atoms with Crippen molar-refractivity contribution in [2.75, 3.05) is 11.9 Å². The molecule has 114 valence electrons. The van der Waals surface area contributed by atoms with Crippen LogP contribution in [0.5, 0.6) is 0 Å². The first kappa shape index (κ1) is 14.5. The number of amides is 1. The fraction of sp³-hybridized carbons (Fsp3) is 0.286. The molecule has 0 saturated heterocycles. The average Bonchev–Trinajstić information content (AvgIpc) is 2.94. The smallest absolute Gasteiger partial charge is 0.321 e. The predicted molar refractivity (Wildman–Crippen MR) is 78.4 cm³/mol. The minimum atomic E-state index is -1.07. The molecule has 1 amide bonds. The van der Waals surface area contributed by atoms with Crippen LogP contribution in [-0.2, 0) is 14.3 Å². The van der Waals surface area contributed by atoms with E-state index in [0.29, 0.717) is 10.6 Å². The minimum absolute atomic E-state index is 0.183. The van der Waals surface area contributed by atoms with Crippen molar-refractivity contribution in [3.63, 3.8) is 0 Å². The predicted octanol–water partition coefficient (Wildman–Crippen LogP) is 1.65. The van der Waals surface area contributed by atoms with Crippen LogP contribution in [0.15, 0.2) is 30.6 Å². The molecule has 2 atom stereocenters. The number of halogens is 1. The molecule has 1 N–H and O–H groups in total. The zero-order valence-electron chi connectivity index (χ0n) is 11.7. The lowest BCUT2D eigenvalue weighted by Gasteiger charge is -2.30. The van der Waals surface area contributed by atoms with Crippen molar-refractivity contribution in [1.82, 2.24) is 14.8 Å². The number of benzene rings is 1. The lowest BCUT2D eigenvalue weighted by Crippen LogP contribution is -2.43. The fourth-order valence-corrected chi connectivity index (χ4v) is 2.76. The number of aromatic nitrogens is 3. The zero-order chi connectivity index (χ0) is 15.7. The van der Waals surface area contributed by atoms with Gasteiger partial charge in [0, 0.05) is 5.02 Å². The molecule has 7 nitrogen and oxygen atoms in total. The van der Waals surface area contributed by atoms with Crippen molar-refractivity contribution in [1.29, 1.82) is 0 Å². The molecule has 1 aromatic carbocycles. The Morgan fingerprint density at radius 3 is 2.95 bits per heavy atom. The van der Waals surface area contributed by atoms with Gasteiger partial charge in [0.2, 0.25) is 11.9 Å². The molecule has 2 heterocycles. The Bertz CT molecular complexity index is 730. The molecule has 0 aliphatic carbocycles. The molecule has 8 heteroatoms. The second kappa shape index (κ2) is 5.76. The van der Waals surface area contributed by atoms with Gasteiger partial charge in [-0.3, -0.25) is 14.9 Å². The zero-order valence-corrected chi connectivity index (χ0v) is 12.4. The van der Waals surface area contributed by atoms with Gasteiger partial charge in [0.1, 0.15) is 12.4 Å². The Morgan fingerprint density at radius 2 is 2.23 bits per heavy atom. The number of hydrogen-bond donors (Lipinski definition) is 1. The number of fused-ring (bicyclic) bond motifs is 1. The van der Waals surface area contributed by atoms with Crippen LogP contribution < -0.4 is 5.32 Å². The highest BCUT2D eigenvalue weighted by Gasteiger charge is 2.44. The van der Waals surface area contributed by atoms with E-state index in [2.05, 4.69) is 15.4 Å². The second-order valence-electron chi connectivity index (χ2n) is 4.71. The number of carbonyl (C=O) groups is 2. The highest BCUT2D eigenvalue weighted by atomic mass is 35.5. The largest absolute Gasteiger partial charge is 0.465 e. The van der Waals surface area contributed by atoms with Gasteiger partial charge in [0.25, 0.3) is 0 Å². The maximum Gasteiger partial charge on any atom is 0.321 e. The Balaban J connectivity index is 2.14. The van der Waals surface area contributed by atoms with Crippen molar-refractivity contribution in [3.05, 3.63) is 41.2 Å². The first-order chi connectivity index (χ1) is 10.6. The van der Waals surface area contributed by atoms with Gasteiger partial charge in [-0.05, 0) is 18.6 Å². The van der Waals surface area contributed by atoms with Crippen molar-refractivity contribution >= 4 is 29.4 Å². The highest BCUT2D eigenvalue weighted by Crippen LogP contribution is 2.36. The molecule has 3 rings (SSSR count). The summed E-state index contributed by atoms with van der Waals surface area (Å²) in [5, 5.41) is 7.10. The quantitative estimate of drug-likeness (QED) is 0.686. The van der Waals surface area contributed by atoms with Crippen LogP contribution in [0.4, 0.5) is 5.95 Å². The Kier molecular flexibility index (Phi) is 3.81. The van der Waals surface area contributed by atoms with E-state index in [4.69, 9.17) is 16.3 Å². The van der Waals surface area contributed by atoms with Crippen molar-refractivity contribution in [3.8, 4) is 0 Å². The summed E-state index contributed by atoms with van der Waals surface area (Å²) in [5.41, 5.74) is 0.615. The second-order valence-corrected chi connectivity index (χ2v) is 5.12. The topological polar surface area (TPSA) is 86.1 Å². The third-order valence-electron chi connectivity index (χ3n) is 3.43. The first-order valence-electron chi connectivity index (χ1n) is 6.75. The van der Waals surface area contributed by atoms with Crippen molar-refractivity contribution in [2.24, 2.45) is 5.92 Å². The number of carbonyl (C=O) groups excluding carboxylic acids is 2. The van der Waals surface area contributed by atoms with Gasteiger partial charge in [-0.1, -0.05) is 29.8 Å². The van der Waals surface area contributed by atoms with Crippen LogP contribution in [0.1, 0.15) is 18.5 Å². The molecule has 0 fully saturated rings. The monoisotopic (exact) mass is 320 g/mol. The standard InChI is InChI=1S/C14H13ClN4O3/c1-2-22-13(21)10-11(8-5-3-4-6-9(8)15)19-14(16-7-17-19)18-12(10)20/h3-7,10-11H,2H2,1H3,(H,16,17,18,20). The molecule has 0 radical (unpaired) electrons. The number of nitrogens with one attached hydrogen (secondary N) is 1. The summed E-state index contributed by atoms with van der Waals surface area (Å²) < 4.78 is 6.51. The van der Waals surface area contributed by atoms with Gasteiger partial charge in [-0.25, -0.2) is 4.68 Å². The van der Waals surface area contributed by atoms with E-state index in [1.165, 1.54) is 11.0 Å². The van der Waals surface area contributed by atoms with E-state index < -0.39 is 23.8 Å². The number of rotatable bonds is 3. The summed E-state index contributed by atoms with van der Waals surface area (Å²) in [6.45, 7) is 1.87. The third-order valence-corrected chi connectivity index (χ3v) is 3.78. The van der Waals surface area contributed by atoms with Gasteiger partial charge in [-0.2, -0.15) is 10.1 Å². The first-order valence-corrected chi connectivity index (χ1v) is 7.12.